The number of sulfonamides is 1. The van der Waals surface area contributed by atoms with E-state index in [0.29, 0.717) is 43.6 Å². The number of ether oxygens (including phenoxy) is 1. The minimum Gasteiger partial charge on any atom is -0.379 e. The van der Waals surface area contributed by atoms with Gasteiger partial charge >= 0.3 is 0 Å². The van der Waals surface area contributed by atoms with E-state index >= 15 is 0 Å². The van der Waals surface area contributed by atoms with Gasteiger partial charge in [-0.15, -0.1) is 0 Å². The Morgan fingerprint density at radius 1 is 1.12 bits per heavy atom. The molecule has 134 valence electrons. The second-order valence-corrected chi connectivity index (χ2v) is 8.41. The molecule has 25 heavy (non-hydrogen) atoms. The summed E-state index contributed by atoms with van der Waals surface area (Å²) in [7, 11) is -3.51. The van der Waals surface area contributed by atoms with Gasteiger partial charge < -0.3 is 15.0 Å². The molecule has 9 heteroatoms. The molecule has 1 aromatic carbocycles. The molecule has 8 nitrogen and oxygen atoms in total. The first-order valence-corrected chi connectivity index (χ1v) is 9.74. The molecule has 0 spiro atoms. The van der Waals surface area contributed by atoms with Crippen molar-refractivity contribution in [3.8, 4) is 11.5 Å². The lowest BCUT2D eigenvalue weighted by molar-refractivity contribution is 0.0730. The number of hydrogen-bond acceptors (Lipinski definition) is 7. The third-order valence-electron chi connectivity index (χ3n) is 4.83. The third kappa shape index (κ3) is 2.97. The molecule has 0 unspecified atom stereocenters. The highest BCUT2D eigenvalue weighted by Gasteiger charge is 2.39. The van der Waals surface area contributed by atoms with Crippen molar-refractivity contribution in [1.29, 1.82) is 0 Å². The number of rotatable bonds is 4. The highest BCUT2D eigenvalue weighted by atomic mass is 32.2. The van der Waals surface area contributed by atoms with E-state index in [1.54, 1.807) is 24.3 Å². The Kier molecular flexibility index (Phi) is 4.11. The predicted octanol–water partition coefficient (Wildman–Crippen LogP) is 1.10. The van der Waals surface area contributed by atoms with E-state index in [9.17, 15) is 8.42 Å². The molecule has 1 saturated carbocycles. The summed E-state index contributed by atoms with van der Waals surface area (Å²) in [5.74, 6) is 0.862. The van der Waals surface area contributed by atoms with Crippen LogP contribution in [0, 0.1) is 0 Å². The van der Waals surface area contributed by atoms with Crippen LogP contribution in [0.4, 0.5) is 0 Å². The average Bonchev–Trinajstić information content (AvgIpc) is 3.11. The van der Waals surface area contributed by atoms with E-state index in [1.807, 2.05) is 0 Å². The Bertz CT molecular complexity index is 853. The molecule has 1 aromatic heterocycles. The van der Waals surface area contributed by atoms with Crippen LogP contribution in [0.3, 0.4) is 0 Å². The molecule has 0 amide bonds. The van der Waals surface area contributed by atoms with Gasteiger partial charge in [-0.3, -0.25) is 0 Å². The molecule has 0 radical (unpaired) electrons. The molecule has 1 aliphatic heterocycles. The molecule has 1 saturated heterocycles. The van der Waals surface area contributed by atoms with Crippen LogP contribution in [0.25, 0.3) is 11.5 Å². The van der Waals surface area contributed by atoms with Crippen molar-refractivity contribution in [2.45, 2.75) is 29.7 Å². The summed E-state index contributed by atoms with van der Waals surface area (Å²) in [5.41, 5.74) is 6.38. The lowest BCUT2D eigenvalue weighted by atomic mass is 9.77. The zero-order valence-electron chi connectivity index (χ0n) is 13.7. The number of nitrogens with zero attached hydrogens (tertiary/aromatic N) is 3. The first kappa shape index (κ1) is 16.6. The minimum atomic E-state index is -3.51. The molecule has 2 N–H and O–H groups in total. The minimum absolute atomic E-state index is 0.243. The van der Waals surface area contributed by atoms with Gasteiger partial charge in [-0.05, 0) is 43.5 Å². The van der Waals surface area contributed by atoms with Gasteiger partial charge in [0.25, 0.3) is 5.89 Å². The maximum absolute atomic E-state index is 12.6. The van der Waals surface area contributed by atoms with Crippen molar-refractivity contribution in [3.05, 3.63) is 30.1 Å². The van der Waals surface area contributed by atoms with Crippen LogP contribution in [-0.2, 0) is 20.3 Å². The quantitative estimate of drug-likeness (QED) is 0.864. The summed E-state index contributed by atoms with van der Waals surface area (Å²) in [6.45, 7) is 1.58. The smallest absolute Gasteiger partial charge is 0.257 e. The third-order valence-corrected chi connectivity index (χ3v) is 6.74. The highest BCUT2D eigenvalue weighted by molar-refractivity contribution is 7.89. The summed E-state index contributed by atoms with van der Waals surface area (Å²) in [6.07, 6.45) is 2.76. The summed E-state index contributed by atoms with van der Waals surface area (Å²) >= 11 is 0. The second-order valence-electron chi connectivity index (χ2n) is 6.47. The molecule has 2 aliphatic rings. The van der Waals surface area contributed by atoms with Gasteiger partial charge in [0.2, 0.25) is 10.0 Å². The van der Waals surface area contributed by atoms with Crippen LogP contribution >= 0.6 is 0 Å². The van der Waals surface area contributed by atoms with Crippen LogP contribution in [0.5, 0.6) is 0 Å². The summed E-state index contributed by atoms with van der Waals surface area (Å²) in [4.78, 5) is 4.62. The standard InChI is InChI=1S/C16H20N4O4S/c17-16(6-1-7-16)15-18-14(24-19-15)12-2-4-13(5-3-12)25(21,22)20-8-10-23-11-9-20/h2-5H,1,6-11,17H2. The van der Waals surface area contributed by atoms with E-state index in [1.165, 1.54) is 4.31 Å². The first-order chi connectivity index (χ1) is 12.0. The maximum atomic E-state index is 12.6. The van der Waals surface area contributed by atoms with Crippen molar-refractivity contribution < 1.29 is 17.7 Å². The van der Waals surface area contributed by atoms with E-state index < -0.39 is 15.6 Å². The van der Waals surface area contributed by atoms with Crippen LogP contribution in [-0.4, -0.2) is 49.2 Å². The topological polar surface area (TPSA) is 112 Å². The predicted molar refractivity (Wildman–Crippen MR) is 89.0 cm³/mol. The molecule has 2 aromatic rings. The second kappa shape index (κ2) is 6.17. The van der Waals surface area contributed by atoms with Gasteiger partial charge in [-0.2, -0.15) is 9.29 Å². The first-order valence-electron chi connectivity index (χ1n) is 8.30. The van der Waals surface area contributed by atoms with Crippen LogP contribution in [0.1, 0.15) is 25.1 Å². The Labute approximate surface area is 146 Å². The molecule has 0 bridgehead atoms. The summed E-state index contributed by atoms with van der Waals surface area (Å²) in [5, 5.41) is 3.98. The van der Waals surface area contributed by atoms with E-state index in [2.05, 4.69) is 10.1 Å². The molecule has 4 rings (SSSR count). The fourth-order valence-corrected chi connectivity index (χ4v) is 4.44. The number of nitrogens with two attached hydrogens (primary N) is 1. The maximum Gasteiger partial charge on any atom is 0.257 e. The zero-order chi connectivity index (χ0) is 17.5. The van der Waals surface area contributed by atoms with Crippen LogP contribution < -0.4 is 5.73 Å². The normalized spacial score (nSPS) is 21.0. The van der Waals surface area contributed by atoms with E-state index in [0.717, 1.165) is 19.3 Å². The van der Waals surface area contributed by atoms with Crippen molar-refractivity contribution in [3.63, 3.8) is 0 Å². The largest absolute Gasteiger partial charge is 0.379 e. The van der Waals surface area contributed by atoms with Crippen molar-refractivity contribution >= 4 is 10.0 Å². The van der Waals surface area contributed by atoms with Crippen molar-refractivity contribution in [2.75, 3.05) is 26.3 Å². The van der Waals surface area contributed by atoms with Crippen molar-refractivity contribution in [1.82, 2.24) is 14.4 Å². The number of aromatic nitrogens is 2. The van der Waals surface area contributed by atoms with Crippen molar-refractivity contribution in [2.24, 2.45) is 5.73 Å². The van der Waals surface area contributed by atoms with Gasteiger partial charge in [-0.25, -0.2) is 8.42 Å². The number of benzene rings is 1. The molecular weight excluding hydrogens is 344 g/mol. The van der Waals surface area contributed by atoms with Gasteiger partial charge in [0.05, 0.1) is 23.6 Å². The fraction of sp³-hybridized carbons (Fsp3) is 0.500. The van der Waals surface area contributed by atoms with E-state index in [-0.39, 0.29) is 4.90 Å². The van der Waals surface area contributed by atoms with Gasteiger partial charge in [-0.1, -0.05) is 5.16 Å². The van der Waals surface area contributed by atoms with Gasteiger partial charge in [0.1, 0.15) is 0 Å². The monoisotopic (exact) mass is 364 g/mol. The van der Waals surface area contributed by atoms with Gasteiger partial charge in [0.15, 0.2) is 5.82 Å². The summed E-state index contributed by atoms with van der Waals surface area (Å²) in [6, 6.07) is 6.47. The molecule has 1 aliphatic carbocycles. The SMILES string of the molecule is NC1(c2noc(-c3ccc(S(=O)(=O)N4CCOCC4)cc3)n2)CCC1. The fourth-order valence-electron chi connectivity index (χ4n) is 3.03. The summed E-state index contributed by atoms with van der Waals surface area (Å²) < 4.78 is 37.2. The lowest BCUT2D eigenvalue weighted by Crippen LogP contribution is -2.44. The Balaban J connectivity index is 1.56. The Hall–Kier alpha value is -1.81. The molecule has 2 heterocycles. The van der Waals surface area contributed by atoms with Crippen LogP contribution in [0.15, 0.2) is 33.7 Å². The zero-order valence-corrected chi connectivity index (χ0v) is 14.5. The van der Waals surface area contributed by atoms with E-state index in [4.69, 9.17) is 15.0 Å². The molecule has 0 atom stereocenters. The van der Waals surface area contributed by atoms with Gasteiger partial charge in [0, 0.05) is 18.7 Å². The lowest BCUT2D eigenvalue weighted by Gasteiger charge is -2.34. The average molecular weight is 364 g/mol. The Morgan fingerprint density at radius 2 is 1.80 bits per heavy atom. The number of morpholine rings is 1. The molecule has 2 fully saturated rings. The van der Waals surface area contributed by atoms with Crippen LogP contribution in [0.2, 0.25) is 0 Å². The Morgan fingerprint density at radius 3 is 2.40 bits per heavy atom. The number of hydrogen-bond donors (Lipinski definition) is 1. The molecular formula is C16H20N4O4S. The highest BCUT2D eigenvalue weighted by Crippen LogP contribution is 2.37.